The highest BCUT2D eigenvalue weighted by Crippen LogP contribution is 2.31. The Kier molecular flexibility index (Phi) is 4.54. The van der Waals surface area contributed by atoms with Crippen molar-refractivity contribution in [3.63, 3.8) is 0 Å². The fourth-order valence-corrected chi connectivity index (χ4v) is 3.27. The number of halogens is 1. The number of hydrogen-bond acceptors (Lipinski definition) is 3. The summed E-state index contributed by atoms with van der Waals surface area (Å²) in [5.41, 5.74) is 0.649. The van der Waals surface area contributed by atoms with E-state index in [4.69, 9.17) is 21.1 Å². The number of ether oxygens (including phenoxy) is 2. The molecule has 114 valence electrons. The summed E-state index contributed by atoms with van der Waals surface area (Å²) >= 11 is 6.06. The van der Waals surface area contributed by atoms with Crippen LogP contribution in [0.3, 0.4) is 0 Å². The Balaban J connectivity index is 1.83. The molecule has 0 radical (unpaired) electrons. The quantitative estimate of drug-likeness (QED) is 0.788. The molecule has 3 rings (SSSR count). The number of carbonyl (C=O) groups excluding carboxylic acids is 1. The largest absolute Gasteiger partial charge is 0.486 e. The Hall–Kier alpha value is -1.42. The third-order valence-electron chi connectivity index (χ3n) is 4.11. The number of nitrogens with zero attached hydrogens (tertiary/aromatic N) is 1. The van der Waals surface area contributed by atoms with Crippen molar-refractivity contribution in [3.8, 4) is 11.5 Å². The lowest BCUT2D eigenvalue weighted by molar-refractivity contribution is 0.0699. The number of hydrogen-bond donors (Lipinski definition) is 0. The summed E-state index contributed by atoms with van der Waals surface area (Å²) in [7, 11) is 0. The van der Waals surface area contributed by atoms with Gasteiger partial charge in [-0.25, -0.2) is 0 Å². The number of likely N-dealkylation sites (tertiary alicyclic amines) is 1. The van der Waals surface area contributed by atoms with Crippen LogP contribution >= 0.6 is 11.6 Å². The molecule has 0 aromatic heterocycles. The highest BCUT2D eigenvalue weighted by atomic mass is 35.5. The van der Waals surface area contributed by atoms with E-state index in [1.165, 1.54) is 0 Å². The standard InChI is InChI=1S/C16H20ClNO3/c17-11-13-4-2-1-3-7-18(13)16(19)12-5-6-14-15(10-12)21-9-8-20-14/h5-6,10,13H,1-4,7-9,11H2. The van der Waals surface area contributed by atoms with Gasteiger partial charge in [0.1, 0.15) is 13.2 Å². The van der Waals surface area contributed by atoms with Gasteiger partial charge >= 0.3 is 0 Å². The summed E-state index contributed by atoms with van der Waals surface area (Å²) in [5, 5.41) is 0. The van der Waals surface area contributed by atoms with E-state index in [1.807, 2.05) is 17.0 Å². The van der Waals surface area contributed by atoms with Crippen molar-refractivity contribution in [2.24, 2.45) is 0 Å². The smallest absolute Gasteiger partial charge is 0.254 e. The van der Waals surface area contributed by atoms with Gasteiger partial charge in [-0.1, -0.05) is 12.8 Å². The van der Waals surface area contributed by atoms with E-state index < -0.39 is 0 Å². The second-order valence-corrected chi connectivity index (χ2v) is 5.82. The molecule has 2 aliphatic heterocycles. The number of amides is 1. The molecule has 5 heteroatoms. The monoisotopic (exact) mass is 309 g/mol. The van der Waals surface area contributed by atoms with E-state index in [0.717, 1.165) is 32.2 Å². The van der Waals surface area contributed by atoms with E-state index >= 15 is 0 Å². The van der Waals surface area contributed by atoms with Crippen LogP contribution in [-0.2, 0) is 0 Å². The molecule has 0 spiro atoms. The maximum absolute atomic E-state index is 12.8. The fourth-order valence-electron chi connectivity index (χ4n) is 2.95. The van der Waals surface area contributed by atoms with Crippen molar-refractivity contribution in [2.45, 2.75) is 31.7 Å². The predicted molar refractivity (Wildman–Crippen MR) is 81.4 cm³/mol. The van der Waals surface area contributed by atoms with Crippen molar-refractivity contribution >= 4 is 17.5 Å². The lowest BCUT2D eigenvalue weighted by Gasteiger charge is -2.29. The van der Waals surface area contributed by atoms with Crippen LogP contribution in [0.4, 0.5) is 0 Å². The molecule has 21 heavy (non-hydrogen) atoms. The molecular formula is C16H20ClNO3. The third-order valence-corrected chi connectivity index (χ3v) is 4.46. The Labute approximate surface area is 130 Å². The molecule has 1 unspecified atom stereocenters. The highest BCUT2D eigenvalue weighted by Gasteiger charge is 2.26. The lowest BCUT2D eigenvalue weighted by atomic mass is 10.1. The van der Waals surface area contributed by atoms with Crippen molar-refractivity contribution in [1.82, 2.24) is 4.90 Å². The zero-order valence-electron chi connectivity index (χ0n) is 12.0. The molecule has 2 heterocycles. The summed E-state index contributed by atoms with van der Waals surface area (Å²) in [4.78, 5) is 14.7. The number of rotatable bonds is 2. The van der Waals surface area contributed by atoms with E-state index in [9.17, 15) is 4.79 Å². The van der Waals surface area contributed by atoms with E-state index in [2.05, 4.69) is 0 Å². The average Bonchev–Trinajstić information content (AvgIpc) is 2.79. The van der Waals surface area contributed by atoms with E-state index in [0.29, 0.717) is 36.2 Å². The number of benzene rings is 1. The topological polar surface area (TPSA) is 38.8 Å². The van der Waals surface area contributed by atoms with Crippen molar-refractivity contribution < 1.29 is 14.3 Å². The van der Waals surface area contributed by atoms with Gasteiger partial charge in [0, 0.05) is 24.0 Å². The first-order valence-corrected chi connectivity index (χ1v) is 8.09. The van der Waals surface area contributed by atoms with Gasteiger partial charge in [-0.15, -0.1) is 11.6 Å². The average molecular weight is 310 g/mol. The van der Waals surface area contributed by atoms with Crippen LogP contribution in [0.5, 0.6) is 11.5 Å². The van der Waals surface area contributed by atoms with Gasteiger partial charge in [0.05, 0.1) is 0 Å². The molecule has 1 atom stereocenters. The molecule has 2 aliphatic rings. The van der Waals surface area contributed by atoms with E-state index in [1.54, 1.807) is 6.07 Å². The zero-order chi connectivity index (χ0) is 14.7. The van der Waals surface area contributed by atoms with Crippen molar-refractivity contribution in [1.29, 1.82) is 0 Å². The van der Waals surface area contributed by atoms with Crippen molar-refractivity contribution in [2.75, 3.05) is 25.6 Å². The molecule has 0 aliphatic carbocycles. The van der Waals surface area contributed by atoms with Gasteiger partial charge in [-0.3, -0.25) is 4.79 Å². The molecule has 0 saturated carbocycles. The van der Waals surface area contributed by atoms with Gasteiger partial charge < -0.3 is 14.4 Å². The maximum atomic E-state index is 12.8. The molecule has 1 aromatic carbocycles. The lowest BCUT2D eigenvalue weighted by Crippen LogP contribution is -2.41. The minimum Gasteiger partial charge on any atom is -0.486 e. The number of fused-ring (bicyclic) bond motifs is 1. The first kappa shape index (κ1) is 14.5. The SMILES string of the molecule is O=C(c1ccc2c(c1)OCCO2)N1CCCCCC1CCl. The first-order valence-electron chi connectivity index (χ1n) is 7.56. The van der Waals surface area contributed by atoms with Gasteiger partial charge in [0.2, 0.25) is 0 Å². The van der Waals surface area contributed by atoms with Gasteiger partial charge in [-0.2, -0.15) is 0 Å². The van der Waals surface area contributed by atoms with Crippen LogP contribution in [0.15, 0.2) is 18.2 Å². The molecule has 0 N–H and O–H groups in total. The highest BCUT2D eigenvalue weighted by molar-refractivity contribution is 6.18. The van der Waals surface area contributed by atoms with Crippen molar-refractivity contribution in [3.05, 3.63) is 23.8 Å². The van der Waals surface area contributed by atoms with Gasteiger partial charge in [0.25, 0.3) is 5.91 Å². The summed E-state index contributed by atoms with van der Waals surface area (Å²) in [6, 6.07) is 5.55. The van der Waals surface area contributed by atoms with Crippen LogP contribution < -0.4 is 9.47 Å². The summed E-state index contributed by atoms with van der Waals surface area (Å²) in [6.45, 7) is 1.87. The molecule has 1 amide bonds. The summed E-state index contributed by atoms with van der Waals surface area (Å²) < 4.78 is 11.1. The minimum atomic E-state index is 0.0412. The molecule has 0 bridgehead atoms. The van der Waals surface area contributed by atoms with Gasteiger partial charge in [0.15, 0.2) is 11.5 Å². The Morgan fingerprint density at radius 2 is 2.00 bits per heavy atom. The van der Waals surface area contributed by atoms with Crippen LogP contribution in [0.1, 0.15) is 36.0 Å². The van der Waals surface area contributed by atoms with Gasteiger partial charge in [-0.05, 0) is 31.0 Å². The predicted octanol–water partition coefficient (Wildman–Crippen LogP) is 3.08. The third kappa shape index (κ3) is 3.10. The Morgan fingerprint density at radius 3 is 2.81 bits per heavy atom. The maximum Gasteiger partial charge on any atom is 0.254 e. The molecular weight excluding hydrogens is 290 g/mol. The van der Waals surface area contributed by atoms with Crippen LogP contribution in [0, 0.1) is 0 Å². The summed E-state index contributed by atoms with van der Waals surface area (Å²) in [6.07, 6.45) is 4.34. The van der Waals surface area contributed by atoms with Crippen LogP contribution in [0.2, 0.25) is 0 Å². The minimum absolute atomic E-state index is 0.0412. The first-order chi connectivity index (χ1) is 10.3. The Bertz CT molecular complexity index is 520. The fraction of sp³-hybridized carbons (Fsp3) is 0.562. The molecule has 1 fully saturated rings. The number of carbonyl (C=O) groups is 1. The second kappa shape index (κ2) is 6.56. The van der Waals surface area contributed by atoms with Crippen LogP contribution in [0.25, 0.3) is 0 Å². The second-order valence-electron chi connectivity index (χ2n) is 5.51. The molecule has 1 aromatic rings. The summed E-state index contributed by atoms with van der Waals surface area (Å²) in [5.74, 6) is 1.91. The Morgan fingerprint density at radius 1 is 1.19 bits per heavy atom. The molecule has 4 nitrogen and oxygen atoms in total. The number of alkyl halides is 1. The zero-order valence-corrected chi connectivity index (χ0v) is 12.8. The van der Waals surface area contributed by atoms with E-state index in [-0.39, 0.29) is 11.9 Å². The molecule has 1 saturated heterocycles. The normalized spacial score (nSPS) is 21.8. The van der Waals surface area contributed by atoms with Crippen LogP contribution in [-0.4, -0.2) is 42.5 Å².